The normalized spacial score (nSPS) is 15.2. The molecule has 5 rings (SSSR count). The molecule has 0 unspecified atom stereocenters. The zero-order valence-corrected chi connectivity index (χ0v) is 19.4. The van der Waals surface area contributed by atoms with Crippen LogP contribution in [0, 0.1) is 6.92 Å². The summed E-state index contributed by atoms with van der Waals surface area (Å²) in [6.07, 6.45) is 1.48. The number of carbonyl (C=O) groups is 1. The first-order valence-electron chi connectivity index (χ1n) is 11.7. The van der Waals surface area contributed by atoms with E-state index in [9.17, 15) is 9.59 Å². The Kier molecular flexibility index (Phi) is 6.42. The number of hydrogen-bond acceptors (Lipinski definition) is 6. The van der Waals surface area contributed by atoms with E-state index in [4.69, 9.17) is 4.42 Å². The molecule has 1 saturated heterocycles. The van der Waals surface area contributed by atoms with Crippen molar-refractivity contribution < 1.29 is 9.21 Å². The number of piperazine rings is 1. The number of carbonyl (C=O) groups excluding carboxylic acids is 1. The maximum Gasteiger partial charge on any atom is 0.347 e. The van der Waals surface area contributed by atoms with Crippen molar-refractivity contribution in [1.82, 2.24) is 24.9 Å². The van der Waals surface area contributed by atoms with Gasteiger partial charge in [-0.25, -0.2) is 4.79 Å². The van der Waals surface area contributed by atoms with E-state index < -0.39 is 5.63 Å². The van der Waals surface area contributed by atoms with Crippen LogP contribution in [0.5, 0.6) is 0 Å². The van der Waals surface area contributed by atoms with Crippen molar-refractivity contribution in [2.45, 2.75) is 20.0 Å². The Hall–Kier alpha value is -3.49. The summed E-state index contributed by atoms with van der Waals surface area (Å²) >= 11 is 0. The Morgan fingerprint density at radius 3 is 2.59 bits per heavy atom. The molecule has 0 atom stereocenters. The lowest BCUT2D eigenvalue weighted by Gasteiger charge is -2.34. The number of hydrogen-bond donors (Lipinski definition) is 1. The zero-order chi connectivity index (χ0) is 23.5. The van der Waals surface area contributed by atoms with Gasteiger partial charge in [0.05, 0.1) is 11.7 Å². The molecule has 4 aromatic rings. The van der Waals surface area contributed by atoms with E-state index in [2.05, 4.69) is 44.5 Å². The summed E-state index contributed by atoms with van der Waals surface area (Å²) in [6, 6.07) is 16.2. The largest absolute Gasteiger partial charge is 0.422 e. The van der Waals surface area contributed by atoms with Gasteiger partial charge in [-0.05, 0) is 24.6 Å². The first-order valence-corrected chi connectivity index (χ1v) is 11.7. The van der Waals surface area contributed by atoms with Crippen molar-refractivity contribution in [3.8, 4) is 0 Å². The average Bonchev–Trinajstić information content (AvgIpc) is 3.26. The molecule has 0 spiro atoms. The smallest absolute Gasteiger partial charge is 0.347 e. The molecule has 0 saturated carbocycles. The SMILES string of the molecule is Cc1ccc2oc(=O)c3cnn(CC(=O)NCCN4CCN(Cc5ccccc5)CC4)c3c2c1. The minimum absolute atomic E-state index is 0.0564. The summed E-state index contributed by atoms with van der Waals surface area (Å²) in [5.74, 6) is -0.123. The van der Waals surface area contributed by atoms with Crippen molar-refractivity contribution in [2.24, 2.45) is 0 Å². The Bertz CT molecular complexity index is 1350. The average molecular weight is 460 g/mol. The second-order valence-electron chi connectivity index (χ2n) is 8.91. The first-order chi connectivity index (χ1) is 16.6. The third-order valence-electron chi connectivity index (χ3n) is 6.41. The number of aryl methyl sites for hydroxylation is 1. The molecule has 1 N–H and O–H groups in total. The van der Waals surface area contributed by atoms with E-state index in [1.165, 1.54) is 11.8 Å². The van der Waals surface area contributed by atoms with Crippen LogP contribution in [0.2, 0.25) is 0 Å². The van der Waals surface area contributed by atoms with Crippen LogP contribution in [0.3, 0.4) is 0 Å². The topological polar surface area (TPSA) is 83.6 Å². The third kappa shape index (κ3) is 4.88. The molecule has 2 aromatic heterocycles. The van der Waals surface area contributed by atoms with Crippen molar-refractivity contribution in [3.05, 3.63) is 76.3 Å². The molecule has 1 amide bonds. The predicted molar refractivity (Wildman–Crippen MR) is 132 cm³/mol. The highest BCUT2D eigenvalue weighted by atomic mass is 16.4. The van der Waals surface area contributed by atoms with Crippen molar-refractivity contribution >= 4 is 27.8 Å². The molecule has 8 nitrogen and oxygen atoms in total. The summed E-state index contributed by atoms with van der Waals surface area (Å²) < 4.78 is 6.99. The highest BCUT2D eigenvalue weighted by Crippen LogP contribution is 2.23. The number of amides is 1. The van der Waals surface area contributed by atoms with E-state index in [1.807, 2.05) is 25.1 Å². The van der Waals surface area contributed by atoms with E-state index in [0.29, 0.717) is 23.0 Å². The van der Waals surface area contributed by atoms with E-state index >= 15 is 0 Å². The molecular weight excluding hydrogens is 430 g/mol. The molecule has 2 aromatic carbocycles. The van der Waals surface area contributed by atoms with Gasteiger partial charge in [0.25, 0.3) is 0 Å². The molecule has 3 heterocycles. The van der Waals surface area contributed by atoms with Gasteiger partial charge >= 0.3 is 5.63 Å². The number of benzene rings is 2. The van der Waals surface area contributed by atoms with Crippen molar-refractivity contribution in [1.29, 1.82) is 0 Å². The highest BCUT2D eigenvalue weighted by molar-refractivity contribution is 6.02. The van der Waals surface area contributed by atoms with E-state index in [-0.39, 0.29) is 12.5 Å². The second-order valence-corrected chi connectivity index (χ2v) is 8.91. The Morgan fingerprint density at radius 2 is 1.79 bits per heavy atom. The summed E-state index contributed by atoms with van der Waals surface area (Å²) in [5.41, 5.74) is 3.08. The number of fused-ring (bicyclic) bond motifs is 3. The van der Waals surface area contributed by atoms with Gasteiger partial charge in [0.2, 0.25) is 5.91 Å². The molecule has 1 aliphatic rings. The van der Waals surface area contributed by atoms with Gasteiger partial charge in [0, 0.05) is 51.2 Å². The molecule has 1 fully saturated rings. The molecular formula is C26H29N5O3. The standard InChI is InChI=1S/C26H29N5O3/c1-19-7-8-23-21(15-19)25-22(26(33)34-23)16-28-31(25)18-24(32)27-9-10-29-11-13-30(14-12-29)17-20-5-3-2-4-6-20/h2-8,15-16H,9-14,17-18H2,1H3,(H,27,32). The van der Waals surface area contributed by atoms with Gasteiger partial charge in [-0.15, -0.1) is 0 Å². The van der Waals surface area contributed by atoms with Crippen LogP contribution in [0.25, 0.3) is 21.9 Å². The van der Waals surface area contributed by atoms with Crippen molar-refractivity contribution in [3.63, 3.8) is 0 Å². The highest BCUT2D eigenvalue weighted by Gasteiger charge is 2.18. The lowest BCUT2D eigenvalue weighted by atomic mass is 10.1. The number of aromatic nitrogens is 2. The van der Waals surface area contributed by atoms with Gasteiger partial charge in [-0.2, -0.15) is 5.10 Å². The summed E-state index contributed by atoms with van der Waals surface area (Å²) in [5, 5.41) is 8.47. The molecule has 176 valence electrons. The first kappa shape index (κ1) is 22.3. The monoisotopic (exact) mass is 459 g/mol. The number of nitrogens with zero attached hydrogens (tertiary/aromatic N) is 4. The predicted octanol–water partition coefficient (Wildman–Crippen LogP) is 2.39. The van der Waals surface area contributed by atoms with E-state index in [0.717, 1.165) is 50.2 Å². The van der Waals surface area contributed by atoms with Crippen LogP contribution in [0.1, 0.15) is 11.1 Å². The van der Waals surface area contributed by atoms with Gasteiger partial charge in [0.1, 0.15) is 17.5 Å². The van der Waals surface area contributed by atoms with Crippen LogP contribution in [0.15, 0.2) is 63.9 Å². The van der Waals surface area contributed by atoms with Crippen molar-refractivity contribution in [2.75, 3.05) is 39.3 Å². The van der Waals surface area contributed by atoms with Crippen LogP contribution >= 0.6 is 0 Å². The minimum Gasteiger partial charge on any atom is -0.422 e. The Morgan fingerprint density at radius 1 is 1.03 bits per heavy atom. The Balaban J connectivity index is 1.14. The minimum atomic E-state index is -0.440. The second kappa shape index (κ2) is 9.79. The fourth-order valence-corrected chi connectivity index (χ4v) is 4.57. The lowest BCUT2D eigenvalue weighted by molar-refractivity contribution is -0.121. The molecule has 0 radical (unpaired) electrons. The maximum absolute atomic E-state index is 12.6. The van der Waals surface area contributed by atoms with Crippen LogP contribution in [-0.2, 0) is 17.9 Å². The molecule has 8 heteroatoms. The maximum atomic E-state index is 12.6. The van der Waals surface area contributed by atoms with Gasteiger partial charge in [0.15, 0.2) is 0 Å². The third-order valence-corrected chi connectivity index (χ3v) is 6.41. The number of nitrogens with one attached hydrogen (secondary N) is 1. The van der Waals surface area contributed by atoms with Gasteiger partial charge < -0.3 is 9.73 Å². The Labute approximate surface area is 197 Å². The molecule has 1 aliphatic heterocycles. The molecule has 0 aliphatic carbocycles. The van der Waals surface area contributed by atoms with Crippen LogP contribution < -0.4 is 10.9 Å². The summed E-state index contributed by atoms with van der Waals surface area (Å²) in [4.78, 5) is 29.8. The summed E-state index contributed by atoms with van der Waals surface area (Å²) in [7, 11) is 0. The summed E-state index contributed by atoms with van der Waals surface area (Å²) in [6.45, 7) is 8.45. The number of rotatable bonds is 7. The molecule has 0 bridgehead atoms. The van der Waals surface area contributed by atoms with Gasteiger partial charge in [-0.1, -0.05) is 42.0 Å². The quantitative estimate of drug-likeness (QED) is 0.427. The zero-order valence-electron chi connectivity index (χ0n) is 19.4. The van der Waals surface area contributed by atoms with Crippen LogP contribution in [0.4, 0.5) is 0 Å². The fraction of sp³-hybridized carbons (Fsp3) is 0.346. The van der Waals surface area contributed by atoms with Crippen LogP contribution in [-0.4, -0.2) is 64.8 Å². The van der Waals surface area contributed by atoms with E-state index in [1.54, 1.807) is 10.7 Å². The fourth-order valence-electron chi connectivity index (χ4n) is 4.57. The molecule has 34 heavy (non-hydrogen) atoms. The van der Waals surface area contributed by atoms with Gasteiger partial charge in [-0.3, -0.25) is 19.3 Å². The lowest BCUT2D eigenvalue weighted by Crippen LogP contribution is -2.48.